The lowest BCUT2D eigenvalue weighted by atomic mass is 9.97. The predicted octanol–water partition coefficient (Wildman–Crippen LogP) is 1.43. The van der Waals surface area contributed by atoms with Crippen LogP contribution in [0.1, 0.15) is 45.4 Å². The first-order valence-corrected chi connectivity index (χ1v) is 7.43. The van der Waals surface area contributed by atoms with E-state index in [1.165, 1.54) is 0 Å². The van der Waals surface area contributed by atoms with E-state index in [0.29, 0.717) is 32.5 Å². The highest BCUT2D eigenvalue weighted by Crippen LogP contribution is 2.16. The Morgan fingerprint density at radius 2 is 1.95 bits per heavy atom. The number of unbranched alkanes of at least 4 members (excludes halogenated alkanes) is 3. The third kappa shape index (κ3) is 6.23. The number of likely N-dealkylation sites (tertiary alicyclic amines) is 1. The standard InChI is InChI=1S/C14H26N2O4/c1-11-10-16(9-7-12(11)17)14(20)15-8-5-3-2-4-6-13(18)19/h11-12,17H,2-10H2,1H3,(H,15,20)(H,18,19). The Morgan fingerprint density at radius 3 is 2.60 bits per heavy atom. The molecule has 116 valence electrons. The van der Waals surface area contributed by atoms with Crippen LogP contribution in [0.2, 0.25) is 0 Å². The van der Waals surface area contributed by atoms with Crippen molar-refractivity contribution in [3.05, 3.63) is 0 Å². The minimum Gasteiger partial charge on any atom is -0.481 e. The first-order valence-electron chi connectivity index (χ1n) is 7.43. The molecule has 3 N–H and O–H groups in total. The largest absolute Gasteiger partial charge is 0.481 e. The van der Waals surface area contributed by atoms with E-state index in [0.717, 1.165) is 19.3 Å². The number of carbonyl (C=O) groups excluding carboxylic acids is 1. The van der Waals surface area contributed by atoms with Crippen molar-refractivity contribution < 1.29 is 19.8 Å². The van der Waals surface area contributed by atoms with Gasteiger partial charge in [0.2, 0.25) is 0 Å². The molecule has 6 nitrogen and oxygen atoms in total. The first kappa shape index (κ1) is 16.8. The molecule has 0 spiro atoms. The smallest absolute Gasteiger partial charge is 0.317 e. The molecule has 1 aliphatic heterocycles. The molecule has 0 aromatic rings. The summed E-state index contributed by atoms with van der Waals surface area (Å²) in [5.41, 5.74) is 0. The van der Waals surface area contributed by atoms with Gasteiger partial charge in [0.1, 0.15) is 0 Å². The predicted molar refractivity (Wildman–Crippen MR) is 75.5 cm³/mol. The number of hydrogen-bond donors (Lipinski definition) is 3. The molecule has 2 amide bonds. The fraction of sp³-hybridized carbons (Fsp3) is 0.857. The van der Waals surface area contributed by atoms with Gasteiger partial charge in [0.15, 0.2) is 0 Å². The van der Waals surface area contributed by atoms with Crippen LogP contribution in [-0.4, -0.2) is 52.9 Å². The average molecular weight is 286 g/mol. The third-order valence-electron chi connectivity index (χ3n) is 3.74. The van der Waals surface area contributed by atoms with Crippen LogP contribution in [0.15, 0.2) is 0 Å². The highest BCUT2D eigenvalue weighted by molar-refractivity contribution is 5.74. The summed E-state index contributed by atoms with van der Waals surface area (Å²) in [6.45, 7) is 3.79. The molecule has 2 atom stereocenters. The number of aliphatic carboxylic acids is 1. The molecule has 20 heavy (non-hydrogen) atoms. The van der Waals surface area contributed by atoms with E-state index < -0.39 is 5.97 Å². The molecule has 2 unspecified atom stereocenters. The summed E-state index contributed by atoms with van der Waals surface area (Å²) in [5, 5.41) is 21.0. The molecule has 0 radical (unpaired) electrons. The number of carboxylic acid groups (broad SMARTS) is 1. The van der Waals surface area contributed by atoms with Crippen molar-refractivity contribution >= 4 is 12.0 Å². The molecule has 0 aromatic carbocycles. The zero-order valence-electron chi connectivity index (χ0n) is 12.2. The van der Waals surface area contributed by atoms with Crippen molar-refractivity contribution in [1.82, 2.24) is 10.2 Å². The molecule has 1 aliphatic rings. The summed E-state index contributed by atoms with van der Waals surface area (Å²) in [4.78, 5) is 24.0. The number of carbonyl (C=O) groups is 2. The second-order valence-corrected chi connectivity index (χ2v) is 5.57. The van der Waals surface area contributed by atoms with Gasteiger partial charge < -0.3 is 20.4 Å². The van der Waals surface area contributed by atoms with Crippen LogP contribution in [0, 0.1) is 5.92 Å². The van der Waals surface area contributed by atoms with Gasteiger partial charge in [-0.25, -0.2) is 4.79 Å². The average Bonchev–Trinajstić information content (AvgIpc) is 2.40. The van der Waals surface area contributed by atoms with Crippen LogP contribution in [0.4, 0.5) is 4.79 Å². The van der Waals surface area contributed by atoms with E-state index >= 15 is 0 Å². The number of urea groups is 1. The second-order valence-electron chi connectivity index (χ2n) is 5.57. The maximum atomic E-state index is 11.9. The van der Waals surface area contributed by atoms with Gasteiger partial charge in [-0.05, 0) is 25.2 Å². The lowest BCUT2D eigenvalue weighted by Gasteiger charge is -2.34. The number of nitrogens with one attached hydrogen (secondary N) is 1. The minimum atomic E-state index is -0.750. The van der Waals surface area contributed by atoms with Crippen LogP contribution >= 0.6 is 0 Å². The topological polar surface area (TPSA) is 89.9 Å². The number of hydrogen-bond acceptors (Lipinski definition) is 3. The number of aliphatic hydroxyl groups is 1. The van der Waals surface area contributed by atoms with Crippen LogP contribution in [0.25, 0.3) is 0 Å². The monoisotopic (exact) mass is 286 g/mol. The molecule has 0 aliphatic carbocycles. The Hall–Kier alpha value is -1.30. The van der Waals surface area contributed by atoms with Gasteiger partial charge in [0.25, 0.3) is 0 Å². The van der Waals surface area contributed by atoms with Gasteiger partial charge in [-0.15, -0.1) is 0 Å². The molecule has 0 aromatic heterocycles. The minimum absolute atomic E-state index is 0.0608. The summed E-state index contributed by atoms with van der Waals surface area (Å²) in [6.07, 6.45) is 3.96. The van der Waals surface area contributed by atoms with Crippen molar-refractivity contribution in [2.24, 2.45) is 5.92 Å². The van der Waals surface area contributed by atoms with E-state index in [-0.39, 0.29) is 24.5 Å². The lowest BCUT2D eigenvalue weighted by molar-refractivity contribution is -0.137. The van der Waals surface area contributed by atoms with Gasteiger partial charge in [-0.3, -0.25) is 4.79 Å². The highest BCUT2D eigenvalue weighted by atomic mass is 16.4. The Morgan fingerprint density at radius 1 is 1.25 bits per heavy atom. The van der Waals surface area contributed by atoms with Crippen molar-refractivity contribution in [2.75, 3.05) is 19.6 Å². The van der Waals surface area contributed by atoms with Crippen LogP contribution in [-0.2, 0) is 4.79 Å². The number of rotatable bonds is 7. The fourth-order valence-electron chi connectivity index (χ4n) is 2.38. The quantitative estimate of drug-likeness (QED) is 0.618. The summed E-state index contributed by atoms with van der Waals surface area (Å²) >= 11 is 0. The zero-order valence-corrected chi connectivity index (χ0v) is 12.2. The number of amides is 2. The summed E-state index contributed by atoms with van der Waals surface area (Å²) < 4.78 is 0. The van der Waals surface area contributed by atoms with E-state index in [2.05, 4.69) is 5.32 Å². The van der Waals surface area contributed by atoms with Crippen molar-refractivity contribution in [1.29, 1.82) is 0 Å². The fourth-order valence-corrected chi connectivity index (χ4v) is 2.38. The Kier molecular flexibility index (Phi) is 7.36. The van der Waals surface area contributed by atoms with Gasteiger partial charge >= 0.3 is 12.0 Å². The Bertz CT molecular complexity index is 322. The van der Waals surface area contributed by atoms with Gasteiger partial charge in [-0.1, -0.05) is 19.8 Å². The van der Waals surface area contributed by atoms with Crippen molar-refractivity contribution in [3.8, 4) is 0 Å². The normalized spacial score (nSPS) is 22.6. The molecule has 1 heterocycles. The molecular weight excluding hydrogens is 260 g/mol. The zero-order chi connectivity index (χ0) is 15.0. The van der Waals surface area contributed by atoms with Crippen LogP contribution in [0.5, 0.6) is 0 Å². The number of carboxylic acids is 1. The Balaban J connectivity index is 2.04. The van der Waals surface area contributed by atoms with Gasteiger partial charge in [0.05, 0.1) is 6.10 Å². The van der Waals surface area contributed by atoms with Crippen LogP contribution < -0.4 is 5.32 Å². The van der Waals surface area contributed by atoms with Gasteiger partial charge in [-0.2, -0.15) is 0 Å². The van der Waals surface area contributed by atoms with E-state index in [1.54, 1.807) is 4.90 Å². The molecular formula is C14H26N2O4. The maximum Gasteiger partial charge on any atom is 0.317 e. The number of piperidine rings is 1. The summed E-state index contributed by atoms with van der Waals surface area (Å²) in [7, 11) is 0. The van der Waals surface area contributed by atoms with Crippen LogP contribution in [0.3, 0.4) is 0 Å². The molecule has 1 rings (SSSR count). The van der Waals surface area contributed by atoms with E-state index in [4.69, 9.17) is 5.11 Å². The SMILES string of the molecule is CC1CN(C(=O)NCCCCCCC(=O)O)CCC1O. The summed E-state index contributed by atoms with van der Waals surface area (Å²) in [6, 6.07) is -0.0608. The molecule has 1 saturated heterocycles. The molecule has 0 bridgehead atoms. The third-order valence-corrected chi connectivity index (χ3v) is 3.74. The maximum absolute atomic E-state index is 11.9. The lowest BCUT2D eigenvalue weighted by Crippen LogP contribution is -2.49. The van der Waals surface area contributed by atoms with Crippen molar-refractivity contribution in [3.63, 3.8) is 0 Å². The number of aliphatic hydroxyl groups excluding tert-OH is 1. The summed E-state index contributed by atoms with van der Waals surface area (Å²) in [5.74, 6) is -0.620. The number of nitrogens with zero attached hydrogens (tertiary/aromatic N) is 1. The second kappa shape index (κ2) is 8.79. The highest BCUT2D eigenvalue weighted by Gasteiger charge is 2.26. The molecule has 0 saturated carbocycles. The van der Waals surface area contributed by atoms with E-state index in [1.807, 2.05) is 6.92 Å². The molecule has 1 fully saturated rings. The first-order chi connectivity index (χ1) is 9.50. The molecule has 6 heteroatoms. The van der Waals surface area contributed by atoms with Gasteiger partial charge in [0, 0.05) is 26.1 Å². The van der Waals surface area contributed by atoms with E-state index in [9.17, 15) is 14.7 Å². The van der Waals surface area contributed by atoms with Crippen molar-refractivity contribution in [2.45, 2.75) is 51.6 Å². The Labute approximate surface area is 120 Å².